The maximum absolute atomic E-state index is 11.2. The summed E-state index contributed by atoms with van der Waals surface area (Å²) in [5.74, 6) is 0.768. The lowest BCUT2D eigenvalue weighted by Crippen LogP contribution is -2.06. The fraction of sp³-hybridized carbons (Fsp3) is 0.800. The van der Waals surface area contributed by atoms with E-state index in [1.54, 1.807) is 11.3 Å². The molecular formula is C25H44OS. The van der Waals surface area contributed by atoms with Gasteiger partial charge in [-0.15, -0.1) is 0 Å². The molecule has 1 nitrogen and oxygen atoms in total. The van der Waals surface area contributed by atoms with Crippen LogP contribution < -0.4 is 0 Å². The van der Waals surface area contributed by atoms with E-state index in [0.29, 0.717) is 0 Å². The maximum Gasteiger partial charge on any atom is 0.151 e. The van der Waals surface area contributed by atoms with Crippen molar-refractivity contribution >= 4 is 17.6 Å². The van der Waals surface area contributed by atoms with Gasteiger partial charge in [-0.25, -0.2) is 0 Å². The highest BCUT2D eigenvalue weighted by molar-refractivity contribution is 7.08. The van der Waals surface area contributed by atoms with Gasteiger partial charge in [0.25, 0.3) is 0 Å². The van der Waals surface area contributed by atoms with E-state index in [0.717, 1.165) is 24.2 Å². The Kier molecular flexibility index (Phi) is 15.8. The van der Waals surface area contributed by atoms with Crippen molar-refractivity contribution in [1.29, 1.82) is 0 Å². The molecule has 0 saturated heterocycles. The zero-order valence-corrected chi connectivity index (χ0v) is 19.0. The molecule has 1 heterocycles. The Labute approximate surface area is 173 Å². The molecule has 0 bridgehead atoms. The lowest BCUT2D eigenvalue weighted by atomic mass is 9.88. The number of rotatable bonds is 19. The van der Waals surface area contributed by atoms with Crippen LogP contribution in [0.15, 0.2) is 10.8 Å². The Balaban J connectivity index is 2.28. The van der Waals surface area contributed by atoms with Crippen LogP contribution in [0.3, 0.4) is 0 Å². The molecule has 0 amide bonds. The predicted octanol–water partition coefficient (Wildman–Crippen LogP) is 9.00. The van der Waals surface area contributed by atoms with E-state index in [9.17, 15) is 4.79 Å². The third kappa shape index (κ3) is 12.4. The Morgan fingerprint density at radius 2 is 1.22 bits per heavy atom. The van der Waals surface area contributed by atoms with Gasteiger partial charge in [-0.2, -0.15) is 11.3 Å². The van der Waals surface area contributed by atoms with Crippen molar-refractivity contribution in [3.05, 3.63) is 21.9 Å². The summed E-state index contributed by atoms with van der Waals surface area (Å²) in [6, 6.07) is 0. The van der Waals surface area contributed by atoms with Gasteiger partial charge in [0, 0.05) is 10.9 Å². The van der Waals surface area contributed by atoms with Crippen LogP contribution in [0.5, 0.6) is 0 Å². The minimum absolute atomic E-state index is 0.768. The van der Waals surface area contributed by atoms with Gasteiger partial charge >= 0.3 is 0 Å². The summed E-state index contributed by atoms with van der Waals surface area (Å²) in [7, 11) is 0. The van der Waals surface area contributed by atoms with Crippen LogP contribution in [0.2, 0.25) is 0 Å². The van der Waals surface area contributed by atoms with Crippen LogP contribution in [0, 0.1) is 5.92 Å². The largest absolute Gasteiger partial charge is 0.298 e. The fourth-order valence-electron chi connectivity index (χ4n) is 4.04. The molecule has 156 valence electrons. The molecule has 1 unspecified atom stereocenters. The molecule has 0 fully saturated rings. The maximum atomic E-state index is 11.2. The Morgan fingerprint density at radius 3 is 1.70 bits per heavy atom. The van der Waals surface area contributed by atoms with Gasteiger partial charge in [0.2, 0.25) is 0 Å². The minimum atomic E-state index is 0.768. The number of hydrogen-bond acceptors (Lipinski definition) is 2. The first-order valence-electron chi connectivity index (χ1n) is 11.8. The van der Waals surface area contributed by atoms with Crippen LogP contribution in [0.1, 0.15) is 133 Å². The number of unbranched alkanes of at least 4 members (excludes halogenated alkanes) is 12. The van der Waals surface area contributed by atoms with Gasteiger partial charge in [0.1, 0.15) is 0 Å². The summed E-state index contributed by atoms with van der Waals surface area (Å²) < 4.78 is 0. The van der Waals surface area contributed by atoms with Gasteiger partial charge < -0.3 is 0 Å². The quantitative estimate of drug-likeness (QED) is 0.169. The van der Waals surface area contributed by atoms with E-state index >= 15 is 0 Å². The van der Waals surface area contributed by atoms with E-state index in [4.69, 9.17) is 0 Å². The first-order chi connectivity index (χ1) is 13.3. The molecule has 0 aliphatic carbocycles. The molecule has 0 spiro atoms. The third-order valence-corrected chi connectivity index (χ3v) is 6.65. The highest BCUT2D eigenvalue weighted by Gasteiger charge is 2.13. The average Bonchev–Trinajstić information content (AvgIpc) is 3.13. The van der Waals surface area contributed by atoms with Gasteiger partial charge in [0.05, 0.1) is 0 Å². The lowest BCUT2D eigenvalue weighted by Gasteiger charge is -2.17. The van der Waals surface area contributed by atoms with Gasteiger partial charge in [0.15, 0.2) is 6.29 Å². The number of carbonyl (C=O) groups is 1. The van der Waals surface area contributed by atoms with Crippen molar-refractivity contribution < 1.29 is 4.79 Å². The Hall–Kier alpha value is -0.630. The van der Waals surface area contributed by atoms with E-state index < -0.39 is 0 Å². The van der Waals surface area contributed by atoms with Gasteiger partial charge in [-0.05, 0) is 23.3 Å². The molecule has 0 N–H and O–H groups in total. The molecule has 0 aromatic carbocycles. The van der Waals surface area contributed by atoms with E-state index in [-0.39, 0.29) is 0 Å². The summed E-state index contributed by atoms with van der Waals surface area (Å²) in [5, 5.41) is 4.21. The van der Waals surface area contributed by atoms with E-state index in [2.05, 4.69) is 19.2 Å². The Morgan fingerprint density at radius 1 is 0.741 bits per heavy atom. The molecule has 0 saturated carbocycles. The van der Waals surface area contributed by atoms with E-state index in [1.165, 1.54) is 108 Å². The monoisotopic (exact) mass is 392 g/mol. The number of hydrogen-bond donors (Lipinski definition) is 0. The first-order valence-corrected chi connectivity index (χ1v) is 12.8. The highest BCUT2D eigenvalue weighted by Crippen LogP contribution is 2.26. The van der Waals surface area contributed by atoms with E-state index in [1.807, 2.05) is 5.38 Å². The number of aldehydes is 1. The molecule has 27 heavy (non-hydrogen) atoms. The summed E-state index contributed by atoms with van der Waals surface area (Å²) in [4.78, 5) is 11.2. The molecule has 1 aromatic heterocycles. The number of thiophene rings is 1. The molecule has 0 aliphatic rings. The standard InChI is InChI=1S/C25H44OS/c1-3-5-7-9-11-12-14-16-18-23(17-15-13-10-8-6-4-2)19-24-21-27-22-25(24)20-26/h20-23H,3-19H2,1-2H3. The summed E-state index contributed by atoms with van der Waals surface area (Å²) in [6.45, 7) is 4.57. The first kappa shape index (κ1) is 24.4. The van der Waals surface area contributed by atoms with Crippen molar-refractivity contribution in [3.8, 4) is 0 Å². The zero-order chi connectivity index (χ0) is 19.6. The molecule has 0 aliphatic heterocycles. The van der Waals surface area contributed by atoms with Gasteiger partial charge in [-0.1, -0.05) is 117 Å². The molecule has 2 heteroatoms. The lowest BCUT2D eigenvalue weighted by molar-refractivity contribution is 0.112. The van der Waals surface area contributed by atoms with Crippen molar-refractivity contribution in [1.82, 2.24) is 0 Å². The summed E-state index contributed by atoms with van der Waals surface area (Å²) in [5.41, 5.74) is 2.23. The second-order valence-corrected chi connectivity index (χ2v) is 9.10. The van der Waals surface area contributed by atoms with Crippen molar-refractivity contribution in [2.45, 2.75) is 123 Å². The normalized spacial score (nSPS) is 12.4. The van der Waals surface area contributed by atoms with Crippen LogP contribution >= 0.6 is 11.3 Å². The molecular weight excluding hydrogens is 348 g/mol. The molecule has 1 aromatic rings. The SMILES string of the molecule is CCCCCCCCCCC(CCCCCCCC)Cc1cscc1C=O. The second kappa shape index (κ2) is 17.5. The van der Waals surface area contributed by atoms with Crippen molar-refractivity contribution in [2.24, 2.45) is 5.92 Å². The summed E-state index contributed by atoms with van der Waals surface area (Å²) >= 11 is 1.68. The van der Waals surface area contributed by atoms with Crippen LogP contribution in [-0.2, 0) is 6.42 Å². The second-order valence-electron chi connectivity index (χ2n) is 8.36. The Bertz CT molecular complexity index is 451. The molecule has 0 radical (unpaired) electrons. The summed E-state index contributed by atoms with van der Waals surface area (Å²) in [6.07, 6.45) is 24.3. The van der Waals surface area contributed by atoms with Crippen molar-refractivity contribution in [3.63, 3.8) is 0 Å². The van der Waals surface area contributed by atoms with Gasteiger partial charge in [-0.3, -0.25) is 4.79 Å². The zero-order valence-electron chi connectivity index (χ0n) is 18.1. The fourth-order valence-corrected chi connectivity index (χ4v) is 4.86. The predicted molar refractivity (Wildman–Crippen MR) is 122 cm³/mol. The molecule has 1 atom stereocenters. The van der Waals surface area contributed by atoms with Crippen LogP contribution in [-0.4, -0.2) is 6.29 Å². The molecule has 1 rings (SSSR count). The number of carbonyl (C=O) groups excluding carboxylic acids is 1. The third-order valence-electron chi connectivity index (χ3n) is 5.84. The van der Waals surface area contributed by atoms with Crippen LogP contribution in [0.25, 0.3) is 0 Å². The van der Waals surface area contributed by atoms with Crippen molar-refractivity contribution in [2.75, 3.05) is 0 Å². The van der Waals surface area contributed by atoms with Crippen LogP contribution in [0.4, 0.5) is 0 Å². The topological polar surface area (TPSA) is 17.1 Å². The minimum Gasteiger partial charge on any atom is -0.298 e. The highest BCUT2D eigenvalue weighted by atomic mass is 32.1. The average molecular weight is 393 g/mol. The smallest absolute Gasteiger partial charge is 0.151 e.